The second-order valence-electron chi connectivity index (χ2n) is 7.39. The summed E-state index contributed by atoms with van der Waals surface area (Å²) in [4.78, 5) is 35.3. The number of pyridine rings is 1. The van der Waals surface area contributed by atoms with Crippen LogP contribution in [-0.4, -0.2) is 26.8 Å². The molecule has 0 saturated heterocycles. The lowest BCUT2D eigenvalue weighted by atomic mass is 10.1. The summed E-state index contributed by atoms with van der Waals surface area (Å²) in [5.41, 5.74) is 2.23. The summed E-state index contributed by atoms with van der Waals surface area (Å²) in [6.45, 7) is 0.698. The highest BCUT2D eigenvalue weighted by molar-refractivity contribution is 7.98. The SMILES string of the molecule is CSc1ccc2cc(COC(=O)c3ccc4c(=O)n5c(nc4c3)CCC5)c(Cl)nc2c1. The van der Waals surface area contributed by atoms with Crippen molar-refractivity contribution in [1.82, 2.24) is 14.5 Å². The summed E-state index contributed by atoms with van der Waals surface area (Å²) < 4.78 is 7.19. The molecule has 2 aromatic carbocycles. The van der Waals surface area contributed by atoms with Crippen LogP contribution in [0.1, 0.15) is 28.2 Å². The van der Waals surface area contributed by atoms with Crippen LogP contribution in [0, 0.1) is 0 Å². The Balaban J connectivity index is 1.39. The molecule has 0 atom stereocenters. The molecule has 6 nitrogen and oxygen atoms in total. The van der Waals surface area contributed by atoms with Gasteiger partial charge in [0.25, 0.3) is 5.56 Å². The van der Waals surface area contributed by atoms with E-state index in [-0.39, 0.29) is 12.2 Å². The van der Waals surface area contributed by atoms with E-state index in [2.05, 4.69) is 9.97 Å². The molecule has 1 aliphatic heterocycles. The van der Waals surface area contributed by atoms with Gasteiger partial charge >= 0.3 is 5.97 Å². The van der Waals surface area contributed by atoms with Crippen LogP contribution in [0.2, 0.25) is 5.15 Å². The second-order valence-corrected chi connectivity index (χ2v) is 8.63. The minimum absolute atomic E-state index is 0.00317. The van der Waals surface area contributed by atoms with E-state index in [0.29, 0.717) is 33.7 Å². The zero-order valence-corrected chi connectivity index (χ0v) is 18.3. The standard InChI is InChI=1S/C23H18ClN3O3S/c1-31-16-6-4-13-9-15(21(24)26-18(13)11-16)12-30-23(29)14-5-7-17-19(10-14)25-20-3-2-8-27(20)22(17)28/h4-7,9-11H,2-3,8,12H2,1H3. The Morgan fingerprint density at radius 1 is 1.16 bits per heavy atom. The summed E-state index contributed by atoms with van der Waals surface area (Å²) in [7, 11) is 0. The van der Waals surface area contributed by atoms with Gasteiger partial charge in [-0.15, -0.1) is 11.8 Å². The number of thioether (sulfide) groups is 1. The molecule has 0 bridgehead atoms. The van der Waals surface area contributed by atoms with Crippen LogP contribution in [0.5, 0.6) is 0 Å². The van der Waals surface area contributed by atoms with E-state index in [1.807, 2.05) is 30.5 Å². The highest BCUT2D eigenvalue weighted by Gasteiger charge is 2.18. The largest absolute Gasteiger partial charge is 0.457 e. The summed E-state index contributed by atoms with van der Waals surface area (Å²) >= 11 is 7.96. The van der Waals surface area contributed by atoms with Gasteiger partial charge in [0.15, 0.2) is 0 Å². The van der Waals surface area contributed by atoms with Crippen LogP contribution in [0.3, 0.4) is 0 Å². The number of carbonyl (C=O) groups excluding carboxylic acids is 1. The van der Waals surface area contributed by atoms with Crippen molar-refractivity contribution in [2.24, 2.45) is 0 Å². The van der Waals surface area contributed by atoms with E-state index >= 15 is 0 Å². The van der Waals surface area contributed by atoms with Gasteiger partial charge in [-0.05, 0) is 49.1 Å². The molecule has 0 radical (unpaired) electrons. The number of fused-ring (bicyclic) bond motifs is 3. The number of benzene rings is 2. The van der Waals surface area contributed by atoms with Crippen LogP contribution in [-0.2, 0) is 24.3 Å². The normalized spacial score (nSPS) is 13.0. The third kappa shape index (κ3) is 3.68. The fourth-order valence-electron chi connectivity index (χ4n) is 3.83. The van der Waals surface area contributed by atoms with Crippen molar-refractivity contribution < 1.29 is 9.53 Å². The van der Waals surface area contributed by atoms with Crippen LogP contribution < -0.4 is 5.56 Å². The van der Waals surface area contributed by atoms with E-state index in [9.17, 15) is 9.59 Å². The number of carbonyl (C=O) groups is 1. The Morgan fingerprint density at radius 3 is 2.87 bits per heavy atom. The molecule has 4 aromatic rings. The van der Waals surface area contributed by atoms with Gasteiger partial charge < -0.3 is 4.74 Å². The Bertz CT molecular complexity index is 1420. The van der Waals surface area contributed by atoms with Gasteiger partial charge in [0.05, 0.1) is 22.0 Å². The molecule has 3 heterocycles. The minimum atomic E-state index is -0.502. The Kier molecular flexibility index (Phi) is 5.16. The van der Waals surface area contributed by atoms with Gasteiger partial charge in [0.2, 0.25) is 0 Å². The molecule has 31 heavy (non-hydrogen) atoms. The van der Waals surface area contributed by atoms with Gasteiger partial charge in [-0.1, -0.05) is 17.7 Å². The molecule has 0 spiro atoms. The maximum atomic E-state index is 12.6. The Labute approximate surface area is 187 Å². The topological polar surface area (TPSA) is 74.1 Å². The highest BCUT2D eigenvalue weighted by Crippen LogP contribution is 2.25. The number of aryl methyl sites for hydroxylation is 1. The smallest absolute Gasteiger partial charge is 0.338 e. The lowest BCUT2D eigenvalue weighted by molar-refractivity contribution is 0.0473. The number of rotatable bonds is 4. The van der Waals surface area contributed by atoms with Crippen molar-refractivity contribution in [3.05, 3.63) is 74.9 Å². The lowest BCUT2D eigenvalue weighted by Gasteiger charge is -2.09. The molecule has 1 aliphatic rings. The predicted octanol–water partition coefficient (Wildman–Crippen LogP) is 4.62. The van der Waals surface area contributed by atoms with Gasteiger partial charge in [0, 0.05) is 28.8 Å². The molecule has 0 saturated carbocycles. The molecule has 0 amide bonds. The molecule has 0 N–H and O–H groups in total. The molecule has 0 fully saturated rings. The average Bonchev–Trinajstić information content (AvgIpc) is 3.25. The zero-order valence-electron chi connectivity index (χ0n) is 16.7. The molecule has 2 aromatic heterocycles. The summed E-state index contributed by atoms with van der Waals surface area (Å²) in [5, 5.41) is 1.74. The lowest BCUT2D eigenvalue weighted by Crippen LogP contribution is -2.21. The molecule has 8 heteroatoms. The first kappa shape index (κ1) is 20.0. The fourth-order valence-corrected chi connectivity index (χ4v) is 4.47. The average molecular weight is 452 g/mol. The number of aromatic nitrogens is 3. The monoisotopic (exact) mass is 451 g/mol. The number of esters is 1. The van der Waals surface area contributed by atoms with E-state index in [1.165, 1.54) is 0 Å². The summed E-state index contributed by atoms with van der Waals surface area (Å²) in [5.74, 6) is 0.264. The number of ether oxygens (including phenoxy) is 1. The third-order valence-electron chi connectivity index (χ3n) is 5.46. The Morgan fingerprint density at radius 2 is 2.03 bits per heavy atom. The predicted molar refractivity (Wildman–Crippen MR) is 122 cm³/mol. The van der Waals surface area contributed by atoms with Crippen molar-refractivity contribution in [2.45, 2.75) is 30.9 Å². The van der Waals surface area contributed by atoms with Gasteiger partial charge in [-0.25, -0.2) is 14.8 Å². The summed E-state index contributed by atoms with van der Waals surface area (Å²) in [6.07, 6.45) is 3.68. The molecular weight excluding hydrogens is 434 g/mol. The van der Waals surface area contributed by atoms with Crippen molar-refractivity contribution in [3.8, 4) is 0 Å². The summed E-state index contributed by atoms with van der Waals surface area (Å²) in [6, 6.07) is 12.7. The molecule has 0 aliphatic carbocycles. The first-order chi connectivity index (χ1) is 15.0. The Hall–Kier alpha value is -2.90. The van der Waals surface area contributed by atoms with E-state index in [4.69, 9.17) is 16.3 Å². The van der Waals surface area contributed by atoms with Crippen molar-refractivity contribution in [1.29, 1.82) is 0 Å². The van der Waals surface area contributed by atoms with Crippen LogP contribution in [0.25, 0.3) is 21.8 Å². The van der Waals surface area contributed by atoms with Gasteiger partial charge in [-0.3, -0.25) is 9.36 Å². The van der Waals surface area contributed by atoms with Gasteiger partial charge in [0.1, 0.15) is 17.6 Å². The number of hydrogen-bond donors (Lipinski definition) is 0. The van der Waals surface area contributed by atoms with Crippen LogP contribution in [0.4, 0.5) is 0 Å². The molecule has 5 rings (SSSR count). The van der Waals surface area contributed by atoms with Crippen molar-refractivity contribution in [2.75, 3.05) is 6.26 Å². The first-order valence-electron chi connectivity index (χ1n) is 9.87. The highest BCUT2D eigenvalue weighted by atomic mass is 35.5. The van der Waals surface area contributed by atoms with Crippen molar-refractivity contribution >= 4 is 51.1 Å². The van der Waals surface area contributed by atoms with E-state index in [1.54, 1.807) is 34.5 Å². The second kappa shape index (κ2) is 7.98. The number of hydrogen-bond acceptors (Lipinski definition) is 6. The quantitative estimate of drug-likeness (QED) is 0.256. The minimum Gasteiger partial charge on any atom is -0.457 e. The van der Waals surface area contributed by atoms with Crippen LogP contribution in [0.15, 0.2) is 52.2 Å². The maximum Gasteiger partial charge on any atom is 0.338 e. The molecule has 0 unspecified atom stereocenters. The first-order valence-corrected chi connectivity index (χ1v) is 11.5. The number of nitrogens with zero attached hydrogens (tertiary/aromatic N) is 3. The zero-order chi connectivity index (χ0) is 21.5. The fraction of sp³-hybridized carbons (Fsp3) is 0.217. The van der Waals surface area contributed by atoms with Gasteiger partial charge in [-0.2, -0.15) is 0 Å². The maximum absolute atomic E-state index is 12.6. The third-order valence-corrected chi connectivity index (χ3v) is 6.51. The van der Waals surface area contributed by atoms with Crippen LogP contribution >= 0.6 is 23.4 Å². The van der Waals surface area contributed by atoms with Crippen molar-refractivity contribution in [3.63, 3.8) is 0 Å². The van der Waals surface area contributed by atoms with E-state index in [0.717, 1.165) is 34.5 Å². The molecular formula is C23H18ClN3O3S. The number of halogens is 1. The molecule has 156 valence electrons. The van der Waals surface area contributed by atoms with E-state index < -0.39 is 5.97 Å².